The monoisotopic (exact) mass is 447 g/mol. The molecule has 8 nitrogen and oxygen atoms in total. The van der Waals surface area contributed by atoms with Gasteiger partial charge in [0, 0.05) is 31.4 Å². The third-order valence-electron chi connectivity index (χ3n) is 6.61. The highest BCUT2D eigenvalue weighted by Gasteiger charge is 2.32. The lowest BCUT2D eigenvalue weighted by atomic mass is 9.99. The minimum Gasteiger partial charge on any atom is -0.445 e. The Balaban J connectivity index is 1.34. The lowest BCUT2D eigenvalue weighted by Gasteiger charge is -2.27. The van der Waals surface area contributed by atoms with Gasteiger partial charge in [-0.15, -0.1) is 0 Å². The molecule has 0 unspecified atom stereocenters. The van der Waals surface area contributed by atoms with E-state index in [1.807, 2.05) is 53.6 Å². The van der Waals surface area contributed by atoms with E-state index < -0.39 is 12.1 Å². The number of aromatic amines is 1. The first-order valence-corrected chi connectivity index (χ1v) is 11.6. The van der Waals surface area contributed by atoms with Crippen LogP contribution >= 0.6 is 0 Å². The molecule has 0 saturated carbocycles. The number of carbonyl (C=O) groups excluding carboxylic acids is 2. The molecular formula is C25H29N5O3. The molecule has 1 fully saturated rings. The summed E-state index contributed by atoms with van der Waals surface area (Å²) in [5.74, 6) is -0.0706. The Morgan fingerprint density at radius 1 is 1.12 bits per heavy atom. The van der Waals surface area contributed by atoms with Crippen LogP contribution in [-0.4, -0.2) is 64.2 Å². The second-order valence-electron chi connectivity index (χ2n) is 8.81. The molecule has 3 heterocycles. The quantitative estimate of drug-likeness (QED) is 0.607. The van der Waals surface area contributed by atoms with Crippen molar-refractivity contribution in [3.63, 3.8) is 0 Å². The van der Waals surface area contributed by atoms with Crippen molar-refractivity contribution < 1.29 is 14.3 Å². The van der Waals surface area contributed by atoms with E-state index in [-0.39, 0.29) is 12.5 Å². The molecule has 1 aromatic heterocycles. The number of nitrogens with zero attached hydrogens (tertiary/aromatic N) is 3. The number of hydrogen-bond acceptors (Lipinski definition) is 5. The smallest absolute Gasteiger partial charge is 0.408 e. The molecule has 0 radical (unpaired) electrons. The average Bonchev–Trinajstić information content (AvgIpc) is 3.51. The maximum absolute atomic E-state index is 13.5. The van der Waals surface area contributed by atoms with Gasteiger partial charge >= 0.3 is 6.09 Å². The van der Waals surface area contributed by atoms with Crippen molar-refractivity contribution in [2.75, 3.05) is 26.2 Å². The van der Waals surface area contributed by atoms with E-state index in [4.69, 9.17) is 4.74 Å². The zero-order chi connectivity index (χ0) is 22.6. The summed E-state index contributed by atoms with van der Waals surface area (Å²) in [6.45, 7) is 4.31. The van der Waals surface area contributed by atoms with Gasteiger partial charge in [-0.05, 0) is 48.7 Å². The Morgan fingerprint density at radius 3 is 2.76 bits per heavy atom. The number of benzene rings is 2. The van der Waals surface area contributed by atoms with E-state index in [0.29, 0.717) is 19.5 Å². The lowest BCUT2D eigenvalue weighted by Crippen LogP contribution is -2.49. The molecule has 2 amide bonds. The number of ether oxygens (including phenoxy) is 1. The van der Waals surface area contributed by atoms with Crippen LogP contribution < -0.4 is 5.32 Å². The van der Waals surface area contributed by atoms with Crippen molar-refractivity contribution in [3.05, 3.63) is 65.4 Å². The van der Waals surface area contributed by atoms with Gasteiger partial charge in [0.05, 0.1) is 11.7 Å². The summed E-state index contributed by atoms with van der Waals surface area (Å²) in [7, 11) is 0. The molecule has 8 heteroatoms. The molecule has 3 aromatic rings. The molecule has 33 heavy (non-hydrogen) atoms. The van der Waals surface area contributed by atoms with Crippen LogP contribution in [0.2, 0.25) is 0 Å². The van der Waals surface area contributed by atoms with Crippen molar-refractivity contribution in [1.29, 1.82) is 0 Å². The van der Waals surface area contributed by atoms with Crippen LogP contribution in [0.25, 0.3) is 10.9 Å². The van der Waals surface area contributed by atoms with Gasteiger partial charge in [0.2, 0.25) is 5.91 Å². The predicted molar refractivity (Wildman–Crippen MR) is 124 cm³/mol. The minimum atomic E-state index is -0.669. The zero-order valence-corrected chi connectivity index (χ0v) is 18.6. The van der Waals surface area contributed by atoms with E-state index in [2.05, 4.69) is 20.4 Å². The van der Waals surface area contributed by atoms with Crippen LogP contribution in [-0.2, 0) is 29.1 Å². The van der Waals surface area contributed by atoms with Gasteiger partial charge < -0.3 is 19.9 Å². The van der Waals surface area contributed by atoms with Crippen LogP contribution in [0.3, 0.4) is 0 Å². The number of amides is 2. The summed E-state index contributed by atoms with van der Waals surface area (Å²) in [6, 6.07) is 12.9. The Kier molecular flexibility index (Phi) is 6.26. The number of alkyl carbamates (subject to hydrolysis) is 1. The number of aromatic nitrogens is 2. The van der Waals surface area contributed by atoms with Gasteiger partial charge in [0.25, 0.3) is 0 Å². The summed E-state index contributed by atoms with van der Waals surface area (Å²) in [5.41, 5.74) is 4.00. The standard InChI is InChI=1S/C25H29N5O3/c31-24-23(27-25(32)33-17-18-6-2-1-3-7-18)14-19-8-9-22-20(15-26-28-22)21(19)16-30(24)13-12-29-10-4-5-11-29/h1-3,6-9,15,23H,4-5,10-14,16-17H2,(H,26,28)(H,27,32)/t23-/m1/s1. The first-order chi connectivity index (χ1) is 16.2. The summed E-state index contributed by atoms with van der Waals surface area (Å²) in [4.78, 5) is 30.4. The van der Waals surface area contributed by atoms with Crippen molar-refractivity contribution in [2.45, 2.75) is 38.5 Å². The maximum atomic E-state index is 13.5. The molecule has 0 spiro atoms. The summed E-state index contributed by atoms with van der Waals surface area (Å²) >= 11 is 0. The number of H-pyrrole nitrogens is 1. The second kappa shape index (κ2) is 9.62. The summed E-state index contributed by atoms with van der Waals surface area (Å²) in [6.07, 6.45) is 4.09. The van der Waals surface area contributed by atoms with E-state index >= 15 is 0 Å². The summed E-state index contributed by atoms with van der Waals surface area (Å²) in [5, 5.41) is 11.1. The Labute approximate surface area is 192 Å². The Bertz CT molecular complexity index is 1120. The molecule has 1 atom stereocenters. The Morgan fingerprint density at radius 2 is 1.94 bits per heavy atom. The highest BCUT2D eigenvalue weighted by atomic mass is 16.5. The number of likely N-dealkylation sites (tertiary alicyclic amines) is 1. The van der Waals surface area contributed by atoms with Crippen LogP contribution in [0.5, 0.6) is 0 Å². The van der Waals surface area contributed by atoms with Gasteiger partial charge in [-0.2, -0.15) is 5.10 Å². The lowest BCUT2D eigenvalue weighted by molar-refractivity contribution is -0.133. The normalized spacial score (nSPS) is 18.8. The van der Waals surface area contributed by atoms with E-state index in [1.54, 1.807) is 0 Å². The van der Waals surface area contributed by atoms with Gasteiger partial charge in [0.15, 0.2) is 0 Å². The average molecular weight is 448 g/mol. The fourth-order valence-electron chi connectivity index (χ4n) is 4.77. The van der Waals surface area contributed by atoms with Gasteiger partial charge in [0.1, 0.15) is 12.6 Å². The maximum Gasteiger partial charge on any atom is 0.408 e. The number of rotatable bonds is 6. The molecule has 2 aliphatic rings. The first-order valence-electron chi connectivity index (χ1n) is 11.6. The van der Waals surface area contributed by atoms with Crippen molar-refractivity contribution in [2.24, 2.45) is 0 Å². The molecule has 0 aliphatic carbocycles. The molecule has 2 aromatic carbocycles. The molecule has 172 valence electrons. The van der Waals surface area contributed by atoms with Crippen LogP contribution in [0.4, 0.5) is 4.79 Å². The summed E-state index contributed by atoms with van der Waals surface area (Å²) < 4.78 is 5.40. The van der Waals surface area contributed by atoms with E-state index in [9.17, 15) is 9.59 Å². The molecule has 1 saturated heterocycles. The van der Waals surface area contributed by atoms with Gasteiger partial charge in [-0.25, -0.2) is 4.79 Å². The van der Waals surface area contributed by atoms with Gasteiger partial charge in [-0.3, -0.25) is 9.89 Å². The van der Waals surface area contributed by atoms with Crippen LogP contribution in [0.1, 0.15) is 29.5 Å². The first kappa shape index (κ1) is 21.5. The fourth-order valence-corrected chi connectivity index (χ4v) is 4.77. The van der Waals surface area contributed by atoms with E-state index in [1.165, 1.54) is 12.8 Å². The minimum absolute atomic E-state index is 0.0706. The van der Waals surface area contributed by atoms with Crippen molar-refractivity contribution in [3.8, 4) is 0 Å². The number of fused-ring (bicyclic) bond motifs is 3. The topological polar surface area (TPSA) is 90.6 Å². The van der Waals surface area contributed by atoms with E-state index in [0.717, 1.165) is 47.2 Å². The van der Waals surface area contributed by atoms with Crippen LogP contribution in [0, 0.1) is 0 Å². The predicted octanol–water partition coefficient (Wildman–Crippen LogP) is 2.84. The molecule has 5 rings (SSSR count). The number of hydrogen-bond donors (Lipinski definition) is 2. The largest absolute Gasteiger partial charge is 0.445 e. The highest BCUT2D eigenvalue weighted by molar-refractivity contribution is 5.89. The van der Waals surface area contributed by atoms with Crippen molar-refractivity contribution in [1.82, 2.24) is 25.3 Å². The zero-order valence-electron chi connectivity index (χ0n) is 18.6. The number of nitrogens with one attached hydrogen (secondary N) is 2. The third-order valence-corrected chi connectivity index (χ3v) is 6.61. The molecular weight excluding hydrogens is 418 g/mol. The molecule has 2 aliphatic heterocycles. The number of carbonyl (C=O) groups is 2. The SMILES string of the molecule is O=C(N[C@@H]1Cc2ccc3[nH]ncc3c2CN(CCN2CCCC2)C1=O)OCc1ccccc1. The second-order valence-corrected chi connectivity index (χ2v) is 8.81. The highest BCUT2D eigenvalue weighted by Crippen LogP contribution is 2.27. The fraction of sp³-hybridized carbons (Fsp3) is 0.400. The van der Waals surface area contributed by atoms with Crippen molar-refractivity contribution >= 4 is 22.9 Å². The Hall–Kier alpha value is -3.39. The van der Waals surface area contributed by atoms with Gasteiger partial charge in [-0.1, -0.05) is 36.4 Å². The van der Waals surface area contributed by atoms with Crippen LogP contribution in [0.15, 0.2) is 48.7 Å². The molecule has 0 bridgehead atoms. The molecule has 2 N–H and O–H groups in total. The third kappa shape index (κ3) is 4.85.